The molecule has 336 valence electrons. The van der Waals surface area contributed by atoms with Crippen LogP contribution in [0.5, 0.6) is 11.5 Å². The molecule has 3 aliphatic heterocycles. The number of carbonyl (C=O) groups excluding carboxylic acids is 4. The van der Waals surface area contributed by atoms with Crippen LogP contribution < -0.4 is 24.8 Å². The van der Waals surface area contributed by atoms with E-state index >= 15 is 4.79 Å². The highest BCUT2D eigenvalue weighted by Crippen LogP contribution is 2.46. The van der Waals surface area contributed by atoms with Crippen molar-refractivity contribution in [3.05, 3.63) is 66.7 Å². The maximum absolute atomic E-state index is 15.3. The Hall–Kier alpha value is -5.22. The van der Waals surface area contributed by atoms with Crippen LogP contribution in [-0.2, 0) is 35.6 Å². The number of rotatable bonds is 9. The standard InChI is InChI=1S/C47H58N6O9S/c1-3-32-26-47(32,45(56)51-63(58,59)35-18-19-35)50-43(54)39-23-34-28-53(39)44(55)42(30-14-8-5-9-15-30)49-46(57)52-20-10-17-33(27-52)61-21-11-16-31-22-36-38(25-40(31)60-2)48-37(24-41(36)62-34)29-12-6-4-7-13-29/h3-4,6-7,12-13,22,24-25,30,32-35,39,42H,1,5,8-11,14-21,23,26-28H2,2H3,(H,49,57)(H,50,54)(H,51,56)/t32?,33-,34-,39+,42+,47-/m1/s1. The molecule has 15 nitrogen and oxygen atoms in total. The molecule has 5 amide bonds. The molecule has 3 saturated carbocycles. The fourth-order valence-electron chi connectivity index (χ4n) is 10.1. The minimum Gasteiger partial charge on any atom is -0.496 e. The number of ether oxygens (including phenoxy) is 3. The Morgan fingerprint density at radius 2 is 1.78 bits per heavy atom. The van der Waals surface area contributed by atoms with Gasteiger partial charge in [0.25, 0.3) is 5.91 Å². The predicted molar refractivity (Wildman–Crippen MR) is 235 cm³/mol. The van der Waals surface area contributed by atoms with Crippen LogP contribution in [0.4, 0.5) is 4.79 Å². The predicted octanol–water partition coefficient (Wildman–Crippen LogP) is 5.01. The molecule has 2 saturated heterocycles. The van der Waals surface area contributed by atoms with Crippen LogP contribution in [0.2, 0.25) is 0 Å². The molecule has 0 spiro atoms. The summed E-state index contributed by atoms with van der Waals surface area (Å²) in [6.45, 7) is 5.29. The highest BCUT2D eigenvalue weighted by atomic mass is 32.2. The van der Waals surface area contributed by atoms with Gasteiger partial charge in [0.2, 0.25) is 21.8 Å². The first-order chi connectivity index (χ1) is 30.5. The topological polar surface area (TPSA) is 186 Å². The molecule has 2 aromatic carbocycles. The van der Waals surface area contributed by atoms with Crippen molar-refractivity contribution in [3.8, 4) is 22.8 Å². The van der Waals surface area contributed by atoms with E-state index in [-0.39, 0.29) is 37.4 Å². The Balaban J connectivity index is 1.11. The van der Waals surface area contributed by atoms with Gasteiger partial charge in [0.1, 0.15) is 35.2 Å². The van der Waals surface area contributed by atoms with Gasteiger partial charge in [-0.3, -0.25) is 19.1 Å². The lowest BCUT2D eigenvalue weighted by Crippen LogP contribution is -2.60. The first kappa shape index (κ1) is 43.1. The number of sulfonamides is 1. The summed E-state index contributed by atoms with van der Waals surface area (Å²) in [6.07, 6.45) is 9.11. The highest BCUT2D eigenvalue weighted by Gasteiger charge is 2.62. The molecular weight excluding hydrogens is 825 g/mol. The Bertz CT molecular complexity index is 2370. The summed E-state index contributed by atoms with van der Waals surface area (Å²) in [7, 11) is -2.28. The number of carbonyl (C=O) groups is 4. The summed E-state index contributed by atoms with van der Waals surface area (Å²) >= 11 is 0. The normalized spacial score (nSPS) is 28.2. The molecule has 16 heteroatoms. The molecule has 4 heterocycles. The van der Waals surface area contributed by atoms with Crippen molar-refractivity contribution in [2.45, 2.75) is 119 Å². The van der Waals surface area contributed by atoms with E-state index in [1.807, 2.05) is 48.5 Å². The molecule has 6 bridgehead atoms. The summed E-state index contributed by atoms with van der Waals surface area (Å²) in [4.78, 5) is 66.3. The number of amides is 5. The lowest BCUT2D eigenvalue weighted by Gasteiger charge is -2.37. The summed E-state index contributed by atoms with van der Waals surface area (Å²) in [5.41, 5.74) is 1.58. The lowest BCUT2D eigenvalue weighted by molar-refractivity contribution is -0.142. The molecule has 3 N–H and O–H groups in total. The van der Waals surface area contributed by atoms with Gasteiger partial charge in [-0.1, -0.05) is 55.7 Å². The molecule has 3 aromatic rings. The third kappa shape index (κ3) is 8.98. The van der Waals surface area contributed by atoms with E-state index in [0.717, 1.165) is 61.5 Å². The highest BCUT2D eigenvalue weighted by molar-refractivity contribution is 7.91. The second-order valence-electron chi connectivity index (χ2n) is 18.2. The van der Waals surface area contributed by atoms with Crippen LogP contribution in [0.15, 0.2) is 61.2 Å². The molecule has 3 aliphatic carbocycles. The number of benzene rings is 2. The van der Waals surface area contributed by atoms with Gasteiger partial charge >= 0.3 is 6.03 Å². The average molecular weight is 883 g/mol. The van der Waals surface area contributed by atoms with Gasteiger partial charge in [0.15, 0.2) is 0 Å². The van der Waals surface area contributed by atoms with Crippen LogP contribution >= 0.6 is 0 Å². The van der Waals surface area contributed by atoms with Gasteiger partial charge in [-0.2, -0.15) is 0 Å². The molecule has 6 atom stereocenters. The summed E-state index contributed by atoms with van der Waals surface area (Å²) < 4.78 is 47.3. The summed E-state index contributed by atoms with van der Waals surface area (Å²) in [6, 6.07) is 13.2. The van der Waals surface area contributed by atoms with Gasteiger partial charge in [0.05, 0.1) is 36.2 Å². The smallest absolute Gasteiger partial charge is 0.318 e. The minimum atomic E-state index is -3.92. The van der Waals surface area contributed by atoms with Gasteiger partial charge in [-0.05, 0) is 75.3 Å². The van der Waals surface area contributed by atoms with Gasteiger partial charge in [-0.15, -0.1) is 6.58 Å². The van der Waals surface area contributed by atoms with Gasteiger partial charge < -0.3 is 34.6 Å². The maximum atomic E-state index is 15.3. The SMILES string of the molecule is C=CC1C[C@]1(NC(=O)[C@@H]1C[C@@H]2CN1C(=O)[C@H](C1CCCCC1)NC(=O)N1CCC[C@H](C1)OCCCc1cc3c(cc(-c4ccccc4)nc3cc1OC)O2)C(=O)NS(=O)(=O)C1CC1. The number of methoxy groups -OCH3 is 1. The van der Waals surface area contributed by atoms with E-state index in [2.05, 4.69) is 21.9 Å². The van der Waals surface area contributed by atoms with Gasteiger partial charge in [-0.25, -0.2) is 18.2 Å². The van der Waals surface area contributed by atoms with E-state index in [0.29, 0.717) is 68.1 Å². The third-order valence-corrected chi connectivity index (χ3v) is 15.7. The Morgan fingerprint density at radius 1 is 0.984 bits per heavy atom. The fraction of sp³-hybridized carbons (Fsp3) is 0.553. The molecule has 9 rings (SSSR count). The van der Waals surface area contributed by atoms with Crippen LogP contribution in [0.3, 0.4) is 0 Å². The van der Waals surface area contributed by atoms with Crippen LogP contribution in [-0.4, -0.2) is 115 Å². The number of aryl methyl sites for hydroxylation is 1. The molecular formula is C47H58N6O9S. The largest absolute Gasteiger partial charge is 0.496 e. The molecule has 63 heavy (non-hydrogen) atoms. The van der Waals surface area contributed by atoms with Crippen molar-refractivity contribution in [1.82, 2.24) is 30.1 Å². The molecule has 6 aliphatic rings. The molecule has 1 aromatic heterocycles. The lowest BCUT2D eigenvalue weighted by atomic mass is 9.83. The van der Waals surface area contributed by atoms with Crippen molar-refractivity contribution in [3.63, 3.8) is 0 Å². The quantitative estimate of drug-likeness (QED) is 0.247. The zero-order valence-electron chi connectivity index (χ0n) is 35.9. The summed E-state index contributed by atoms with van der Waals surface area (Å²) in [5.74, 6) is -1.30. The number of urea groups is 1. The fourth-order valence-corrected chi connectivity index (χ4v) is 11.5. The van der Waals surface area contributed by atoms with Crippen molar-refractivity contribution in [1.29, 1.82) is 0 Å². The number of hydrogen-bond acceptors (Lipinski definition) is 10. The van der Waals surface area contributed by atoms with Crippen LogP contribution in [0.1, 0.15) is 82.6 Å². The third-order valence-electron chi connectivity index (χ3n) is 13.9. The van der Waals surface area contributed by atoms with E-state index in [1.165, 1.54) is 4.90 Å². The van der Waals surface area contributed by atoms with Crippen molar-refractivity contribution < 1.29 is 41.8 Å². The molecule has 5 fully saturated rings. The number of nitrogens with one attached hydrogen (secondary N) is 3. The van der Waals surface area contributed by atoms with Crippen molar-refractivity contribution in [2.75, 3.05) is 33.4 Å². The number of fused-ring (bicyclic) bond motifs is 5. The Kier molecular flexibility index (Phi) is 12.1. The molecule has 0 radical (unpaired) electrons. The Labute approximate surface area is 368 Å². The number of nitrogens with zero attached hydrogens (tertiary/aromatic N) is 3. The van der Waals surface area contributed by atoms with Crippen LogP contribution in [0, 0.1) is 11.8 Å². The average Bonchev–Trinajstić information content (AvgIpc) is 4.23. The first-order valence-corrected chi connectivity index (χ1v) is 24.2. The maximum Gasteiger partial charge on any atom is 0.318 e. The number of piperidine rings is 1. The van der Waals surface area contributed by atoms with Gasteiger partial charge in [0, 0.05) is 55.1 Å². The number of aromatic nitrogens is 1. The zero-order chi connectivity index (χ0) is 43.9. The van der Waals surface area contributed by atoms with Crippen LogP contribution in [0.25, 0.3) is 22.2 Å². The van der Waals surface area contributed by atoms with E-state index in [9.17, 15) is 22.8 Å². The summed E-state index contributed by atoms with van der Waals surface area (Å²) in [5, 5.41) is 6.15. The second kappa shape index (κ2) is 17.7. The second-order valence-corrected chi connectivity index (χ2v) is 20.2. The van der Waals surface area contributed by atoms with Crippen molar-refractivity contribution >= 4 is 44.7 Å². The number of pyridine rings is 1. The monoisotopic (exact) mass is 882 g/mol. The van der Waals surface area contributed by atoms with E-state index < -0.39 is 62.6 Å². The minimum absolute atomic E-state index is 0.0171. The molecule has 1 unspecified atom stereocenters. The van der Waals surface area contributed by atoms with E-state index in [1.54, 1.807) is 18.1 Å². The van der Waals surface area contributed by atoms with Crippen molar-refractivity contribution in [2.24, 2.45) is 11.8 Å². The zero-order valence-corrected chi connectivity index (χ0v) is 36.7. The Morgan fingerprint density at radius 3 is 2.51 bits per heavy atom. The van der Waals surface area contributed by atoms with E-state index in [4.69, 9.17) is 19.2 Å². The first-order valence-electron chi connectivity index (χ1n) is 22.7. The number of hydrogen-bond donors (Lipinski definition) is 3.